The van der Waals surface area contributed by atoms with E-state index >= 15 is 0 Å². The molecule has 4 heteroatoms. The van der Waals surface area contributed by atoms with Crippen molar-refractivity contribution in [1.82, 2.24) is 9.97 Å². The van der Waals surface area contributed by atoms with E-state index in [1.807, 2.05) is 24.3 Å². The molecule has 4 nitrogen and oxygen atoms in total. The van der Waals surface area contributed by atoms with E-state index in [4.69, 9.17) is 4.74 Å². The Bertz CT molecular complexity index is 595. The van der Waals surface area contributed by atoms with Crippen LogP contribution < -0.4 is 0 Å². The summed E-state index contributed by atoms with van der Waals surface area (Å²) in [5.41, 5.74) is 3.07. The van der Waals surface area contributed by atoms with Crippen molar-refractivity contribution in [3.8, 4) is 0 Å². The number of aliphatic hydroxyl groups excluding tert-OH is 1. The Hall–Kier alpha value is -1.94. The average Bonchev–Trinajstić information content (AvgIpc) is 2.47. The van der Waals surface area contributed by atoms with Crippen molar-refractivity contribution in [3.63, 3.8) is 0 Å². The molecular weight excluding hydrogens is 228 g/mol. The predicted octanol–water partition coefficient (Wildman–Crippen LogP) is 2.36. The van der Waals surface area contributed by atoms with Gasteiger partial charge in [-0.1, -0.05) is 12.1 Å². The van der Waals surface area contributed by atoms with Crippen molar-refractivity contribution in [2.24, 2.45) is 0 Å². The van der Waals surface area contributed by atoms with Crippen LogP contribution in [0, 0.1) is 0 Å². The molecule has 0 aliphatic carbocycles. The summed E-state index contributed by atoms with van der Waals surface area (Å²) in [5.74, 6) is 0. The Kier molecular flexibility index (Phi) is 2.94. The summed E-state index contributed by atoms with van der Waals surface area (Å²) in [5, 5.41) is 10.3. The number of nitrogens with zero attached hydrogens (tertiary/aromatic N) is 2. The second kappa shape index (κ2) is 4.74. The molecule has 1 atom stereocenters. The molecule has 92 valence electrons. The monoisotopic (exact) mass is 242 g/mol. The summed E-state index contributed by atoms with van der Waals surface area (Å²) in [6.45, 7) is 0.722. The minimum Gasteiger partial charge on any atom is -0.501 e. The lowest BCUT2D eigenvalue weighted by Crippen LogP contribution is -2.09. The molecule has 1 N–H and O–H groups in total. The third-order valence-electron chi connectivity index (χ3n) is 3.06. The van der Waals surface area contributed by atoms with Crippen molar-refractivity contribution in [3.05, 3.63) is 48.0 Å². The fraction of sp³-hybridized carbons (Fsp3) is 0.286. The number of para-hydroxylation sites is 2. The van der Waals surface area contributed by atoms with E-state index in [1.165, 1.54) is 0 Å². The molecule has 0 bridgehead atoms. The second-order valence-electron chi connectivity index (χ2n) is 4.35. The third-order valence-corrected chi connectivity index (χ3v) is 3.06. The Morgan fingerprint density at radius 3 is 2.83 bits per heavy atom. The number of benzene rings is 1. The molecule has 1 aliphatic heterocycles. The van der Waals surface area contributed by atoms with Crippen LogP contribution in [-0.4, -0.2) is 21.7 Å². The van der Waals surface area contributed by atoms with Crippen LogP contribution >= 0.6 is 0 Å². The predicted molar refractivity (Wildman–Crippen MR) is 67.8 cm³/mol. The molecule has 0 radical (unpaired) electrons. The van der Waals surface area contributed by atoms with Gasteiger partial charge in [-0.3, -0.25) is 4.98 Å². The molecule has 1 aromatic heterocycles. The molecule has 0 spiro atoms. The lowest BCUT2D eigenvalue weighted by atomic mass is 10.0. The Balaban J connectivity index is 1.96. The van der Waals surface area contributed by atoms with Gasteiger partial charge in [-0.15, -0.1) is 0 Å². The quantitative estimate of drug-likeness (QED) is 0.878. The van der Waals surface area contributed by atoms with E-state index in [2.05, 4.69) is 9.97 Å². The van der Waals surface area contributed by atoms with Gasteiger partial charge in [0.25, 0.3) is 0 Å². The van der Waals surface area contributed by atoms with Gasteiger partial charge in [-0.05, 0) is 30.5 Å². The van der Waals surface area contributed by atoms with Gasteiger partial charge in [0, 0.05) is 0 Å². The Morgan fingerprint density at radius 1 is 1.22 bits per heavy atom. The highest BCUT2D eigenvalue weighted by molar-refractivity contribution is 5.73. The van der Waals surface area contributed by atoms with Gasteiger partial charge in [0.05, 0.1) is 35.8 Å². The first-order valence-electron chi connectivity index (χ1n) is 6.05. The van der Waals surface area contributed by atoms with Crippen molar-refractivity contribution in [1.29, 1.82) is 0 Å². The number of aromatic nitrogens is 2. The highest BCUT2D eigenvalue weighted by Crippen LogP contribution is 2.26. The molecule has 2 aromatic rings. The number of fused-ring (bicyclic) bond motifs is 1. The van der Waals surface area contributed by atoms with Crippen LogP contribution in [-0.2, 0) is 4.74 Å². The van der Waals surface area contributed by atoms with Gasteiger partial charge >= 0.3 is 0 Å². The van der Waals surface area contributed by atoms with Crippen molar-refractivity contribution in [2.75, 3.05) is 6.61 Å². The van der Waals surface area contributed by atoms with E-state index in [0.29, 0.717) is 5.69 Å². The maximum atomic E-state index is 10.3. The molecular formula is C14H14N2O2. The van der Waals surface area contributed by atoms with E-state index in [9.17, 15) is 5.11 Å². The Labute approximate surface area is 105 Å². The fourth-order valence-corrected chi connectivity index (χ4v) is 2.08. The topological polar surface area (TPSA) is 55.2 Å². The molecule has 3 rings (SSSR count). The van der Waals surface area contributed by atoms with Gasteiger partial charge in [0.1, 0.15) is 6.10 Å². The molecule has 18 heavy (non-hydrogen) atoms. The maximum Gasteiger partial charge on any atom is 0.122 e. The Morgan fingerprint density at radius 2 is 2.06 bits per heavy atom. The largest absolute Gasteiger partial charge is 0.501 e. The number of ether oxygens (including phenoxy) is 1. The van der Waals surface area contributed by atoms with E-state index in [-0.39, 0.29) is 0 Å². The lowest BCUT2D eigenvalue weighted by Gasteiger charge is -2.18. The van der Waals surface area contributed by atoms with Gasteiger partial charge in [-0.2, -0.15) is 0 Å². The maximum absolute atomic E-state index is 10.3. The van der Waals surface area contributed by atoms with Gasteiger partial charge in [-0.25, -0.2) is 4.98 Å². The van der Waals surface area contributed by atoms with Gasteiger partial charge in [0.15, 0.2) is 0 Å². The van der Waals surface area contributed by atoms with Crippen molar-refractivity contribution in [2.45, 2.75) is 18.9 Å². The standard InChI is InChI=1S/C14H14N2O2/c17-14(10-4-3-7-18-9-10)13-8-15-11-5-1-2-6-12(11)16-13/h1-2,5-6,8-9,14,17H,3-4,7H2. The zero-order valence-corrected chi connectivity index (χ0v) is 9.91. The normalized spacial score (nSPS) is 17.1. The van der Waals surface area contributed by atoms with E-state index in [1.54, 1.807) is 12.5 Å². The first-order valence-corrected chi connectivity index (χ1v) is 6.05. The number of rotatable bonds is 2. The van der Waals surface area contributed by atoms with Crippen molar-refractivity contribution >= 4 is 11.0 Å². The molecule has 0 fully saturated rings. The zero-order valence-electron chi connectivity index (χ0n) is 9.91. The highest BCUT2D eigenvalue weighted by atomic mass is 16.5. The summed E-state index contributed by atoms with van der Waals surface area (Å²) in [4.78, 5) is 8.75. The number of hydrogen-bond acceptors (Lipinski definition) is 4. The van der Waals surface area contributed by atoms with Crippen LogP contribution in [0.4, 0.5) is 0 Å². The second-order valence-corrected chi connectivity index (χ2v) is 4.35. The summed E-state index contributed by atoms with van der Waals surface area (Å²) in [6, 6.07) is 7.63. The fourth-order valence-electron chi connectivity index (χ4n) is 2.08. The first-order chi connectivity index (χ1) is 8.84. The zero-order chi connectivity index (χ0) is 12.4. The number of hydrogen-bond donors (Lipinski definition) is 1. The first kappa shape index (κ1) is 11.2. The minimum atomic E-state index is -0.720. The average molecular weight is 242 g/mol. The number of aliphatic hydroxyl groups is 1. The van der Waals surface area contributed by atoms with Crippen LogP contribution in [0.5, 0.6) is 0 Å². The summed E-state index contributed by atoms with van der Waals surface area (Å²) >= 11 is 0. The smallest absolute Gasteiger partial charge is 0.122 e. The lowest BCUT2D eigenvalue weighted by molar-refractivity contribution is 0.167. The summed E-state index contributed by atoms with van der Waals surface area (Å²) in [6.07, 6.45) is 4.33. The molecule has 1 aliphatic rings. The van der Waals surface area contributed by atoms with E-state index < -0.39 is 6.10 Å². The van der Waals surface area contributed by atoms with Crippen molar-refractivity contribution < 1.29 is 9.84 Å². The minimum absolute atomic E-state index is 0.574. The molecule has 0 saturated heterocycles. The highest BCUT2D eigenvalue weighted by Gasteiger charge is 2.18. The molecule has 0 saturated carbocycles. The van der Waals surface area contributed by atoms with Crippen LogP contribution in [0.15, 0.2) is 42.3 Å². The van der Waals surface area contributed by atoms with Crippen LogP contribution in [0.3, 0.4) is 0 Å². The van der Waals surface area contributed by atoms with Crippen LogP contribution in [0.2, 0.25) is 0 Å². The molecule has 1 unspecified atom stereocenters. The molecule has 1 aromatic carbocycles. The summed E-state index contributed by atoms with van der Waals surface area (Å²) in [7, 11) is 0. The van der Waals surface area contributed by atoms with Gasteiger partial charge in [0.2, 0.25) is 0 Å². The van der Waals surface area contributed by atoms with Crippen LogP contribution in [0.25, 0.3) is 11.0 Å². The van der Waals surface area contributed by atoms with E-state index in [0.717, 1.165) is 36.1 Å². The molecule has 2 heterocycles. The van der Waals surface area contributed by atoms with Crippen LogP contribution in [0.1, 0.15) is 24.6 Å². The summed E-state index contributed by atoms with van der Waals surface area (Å²) < 4.78 is 5.24. The van der Waals surface area contributed by atoms with Gasteiger partial charge < -0.3 is 9.84 Å². The SMILES string of the molecule is OC(C1=COCCC1)c1cnc2ccccc2n1. The molecule has 0 amide bonds. The third kappa shape index (κ3) is 2.07.